The van der Waals surface area contributed by atoms with Gasteiger partial charge in [0.15, 0.2) is 0 Å². The van der Waals surface area contributed by atoms with Crippen LogP contribution in [0.1, 0.15) is 15.9 Å². The van der Waals surface area contributed by atoms with Crippen LogP contribution in [0.3, 0.4) is 0 Å². The molecule has 1 atom stereocenters. The van der Waals surface area contributed by atoms with Gasteiger partial charge in [0.25, 0.3) is 5.91 Å². The third-order valence-electron chi connectivity index (χ3n) is 2.70. The van der Waals surface area contributed by atoms with E-state index >= 15 is 0 Å². The molecule has 2 aromatic rings. The smallest absolute Gasteiger partial charge is 0.266 e. The maximum Gasteiger partial charge on any atom is 0.416 e. The van der Waals surface area contributed by atoms with Gasteiger partial charge in [0, 0.05) is 21.3 Å². The number of benzene rings is 2. The van der Waals surface area contributed by atoms with Crippen LogP contribution in [0.2, 0.25) is 0 Å². The number of hydrogen-bond donors (Lipinski definition) is 1. The van der Waals surface area contributed by atoms with E-state index in [1.54, 1.807) is 0 Å². The van der Waals surface area contributed by atoms with Gasteiger partial charge in [-0.05, 0) is 48.5 Å². The molecule has 2 rings (SSSR count). The molecule has 116 valence electrons. The first-order valence-corrected chi connectivity index (χ1v) is 7.19. The summed E-state index contributed by atoms with van der Waals surface area (Å²) in [6.07, 6.45) is -4.47. The zero-order chi connectivity index (χ0) is 16.3. The Balaban J connectivity index is 2.21. The van der Waals surface area contributed by atoms with Crippen LogP contribution in [0.5, 0.6) is 0 Å². The van der Waals surface area contributed by atoms with Crippen LogP contribution in [0.4, 0.5) is 17.6 Å². The molecular formula is C14H10F4N2OS. The van der Waals surface area contributed by atoms with Crippen molar-refractivity contribution in [1.82, 2.24) is 0 Å². The van der Waals surface area contributed by atoms with Gasteiger partial charge in [-0.15, -0.1) is 0 Å². The Hall–Kier alpha value is -2.06. The van der Waals surface area contributed by atoms with Crippen molar-refractivity contribution in [3.05, 3.63) is 65.5 Å². The number of nitrogens with zero attached hydrogens (tertiary/aromatic N) is 1. The standard InChI is InChI=1S/C14H10F4N2OS/c15-11-5-7-12(8-6-11)22(19)20-13(21)9-1-3-10(4-2-9)14(16,17)18/h1-8H,(H2,19,20,21). The molecule has 2 N–H and O–H groups in total. The van der Waals surface area contributed by atoms with Gasteiger partial charge in [-0.1, -0.05) is 0 Å². The first-order chi connectivity index (χ1) is 10.3. The van der Waals surface area contributed by atoms with Crippen molar-refractivity contribution in [3.8, 4) is 0 Å². The normalized spacial score (nSPS) is 13.1. The molecule has 0 spiro atoms. The van der Waals surface area contributed by atoms with Crippen LogP contribution in [-0.2, 0) is 17.1 Å². The summed E-state index contributed by atoms with van der Waals surface area (Å²) in [5.74, 6) is -1.18. The van der Waals surface area contributed by atoms with Crippen molar-refractivity contribution in [3.63, 3.8) is 0 Å². The van der Waals surface area contributed by atoms with Gasteiger partial charge < -0.3 is 0 Å². The van der Waals surface area contributed by atoms with Gasteiger partial charge in [0.2, 0.25) is 0 Å². The van der Waals surface area contributed by atoms with Crippen molar-refractivity contribution >= 4 is 16.8 Å². The molecular weight excluding hydrogens is 320 g/mol. The molecule has 8 heteroatoms. The van der Waals surface area contributed by atoms with Crippen LogP contribution in [0, 0.1) is 5.82 Å². The largest absolute Gasteiger partial charge is 0.416 e. The zero-order valence-corrected chi connectivity index (χ0v) is 11.8. The summed E-state index contributed by atoms with van der Waals surface area (Å²) in [5.41, 5.74) is -0.854. The summed E-state index contributed by atoms with van der Waals surface area (Å²) in [4.78, 5) is 12.3. The van der Waals surface area contributed by atoms with Gasteiger partial charge in [-0.25, -0.2) is 4.39 Å². The molecule has 1 unspecified atom stereocenters. The average molecular weight is 330 g/mol. The van der Waals surface area contributed by atoms with Crippen molar-refractivity contribution < 1.29 is 22.4 Å². The number of rotatable bonds is 2. The lowest BCUT2D eigenvalue weighted by Gasteiger charge is -2.06. The minimum Gasteiger partial charge on any atom is -0.266 e. The lowest BCUT2D eigenvalue weighted by molar-refractivity contribution is -0.137. The van der Waals surface area contributed by atoms with Gasteiger partial charge >= 0.3 is 6.18 Å². The Kier molecular flexibility index (Phi) is 4.72. The molecule has 0 bridgehead atoms. The highest BCUT2D eigenvalue weighted by atomic mass is 32.2. The summed E-state index contributed by atoms with van der Waals surface area (Å²) >= 11 is 0. The fourth-order valence-corrected chi connectivity index (χ4v) is 2.37. The number of nitrogens with two attached hydrogens (primary N) is 1. The van der Waals surface area contributed by atoms with E-state index in [4.69, 9.17) is 5.14 Å². The molecule has 0 heterocycles. The summed E-state index contributed by atoms with van der Waals surface area (Å²) in [6, 6.07) is 8.82. The van der Waals surface area contributed by atoms with Crippen molar-refractivity contribution in [2.75, 3.05) is 0 Å². The van der Waals surface area contributed by atoms with Crippen molar-refractivity contribution in [1.29, 1.82) is 0 Å². The van der Waals surface area contributed by atoms with E-state index in [2.05, 4.69) is 4.36 Å². The maximum atomic E-state index is 12.8. The van der Waals surface area contributed by atoms with E-state index in [9.17, 15) is 22.4 Å². The van der Waals surface area contributed by atoms with Crippen LogP contribution < -0.4 is 5.14 Å². The second-order valence-electron chi connectivity index (χ2n) is 4.24. The third-order valence-corrected chi connectivity index (χ3v) is 3.81. The SMILES string of the molecule is N/S(=N\C(=O)c1ccc(C(F)(F)F)cc1)c1ccc(F)cc1. The molecule has 0 aliphatic rings. The van der Waals surface area contributed by atoms with E-state index < -0.39 is 34.3 Å². The number of halogens is 4. The Morgan fingerprint density at radius 1 is 1.00 bits per heavy atom. The lowest BCUT2D eigenvalue weighted by Crippen LogP contribution is -2.08. The predicted octanol–water partition coefficient (Wildman–Crippen LogP) is 3.72. The molecule has 0 aromatic heterocycles. The lowest BCUT2D eigenvalue weighted by atomic mass is 10.1. The Bertz CT molecular complexity index is 709. The minimum absolute atomic E-state index is 0.00179. The second-order valence-corrected chi connectivity index (χ2v) is 5.52. The topological polar surface area (TPSA) is 55.4 Å². The van der Waals surface area contributed by atoms with E-state index in [1.165, 1.54) is 24.3 Å². The van der Waals surface area contributed by atoms with E-state index in [1.807, 2.05) is 0 Å². The van der Waals surface area contributed by atoms with Crippen LogP contribution in [0.15, 0.2) is 57.8 Å². The van der Waals surface area contributed by atoms with Gasteiger partial charge in [-0.3, -0.25) is 9.93 Å². The second kappa shape index (κ2) is 6.37. The molecule has 0 saturated heterocycles. The molecule has 0 aliphatic carbocycles. The van der Waals surface area contributed by atoms with Crippen LogP contribution in [0.25, 0.3) is 0 Å². The predicted molar refractivity (Wildman–Crippen MR) is 74.4 cm³/mol. The Morgan fingerprint density at radius 3 is 2.05 bits per heavy atom. The van der Waals surface area contributed by atoms with E-state index in [0.29, 0.717) is 4.90 Å². The number of amides is 1. The van der Waals surface area contributed by atoms with E-state index in [0.717, 1.165) is 24.3 Å². The summed E-state index contributed by atoms with van der Waals surface area (Å²) in [6.45, 7) is 0. The molecule has 0 fully saturated rings. The van der Waals surface area contributed by atoms with Crippen LogP contribution in [-0.4, -0.2) is 5.91 Å². The van der Waals surface area contributed by atoms with Gasteiger partial charge in [0.05, 0.1) is 5.56 Å². The number of alkyl halides is 3. The first-order valence-electron chi connectivity index (χ1n) is 5.95. The summed E-state index contributed by atoms with van der Waals surface area (Å²) < 4.78 is 53.8. The summed E-state index contributed by atoms with van der Waals surface area (Å²) in [7, 11) is -1.31. The highest BCUT2D eigenvalue weighted by Crippen LogP contribution is 2.29. The molecule has 3 nitrogen and oxygen atoms in total. The van der Waals surface area contributed by atoms with Gasteiger partial charge in [-0.2, -0.15) is 17.5 Å². The molecule has 1 amide bonds. The first kappa shape index (κ1) is 16.3. The average Bonchev–Trinajstić information content (AvgIpc) is 2.47. The molecule has 2 aromatic carbocycles. The Labute approximate surface area is 126 Å². The highest BCUT2D eigenvalue weighted by molar-refractivity contribution is 7.85. The van der Waals surface area contributed by atoms with Gasteiger partial charge in [0.1, 0.15) is 5.82 Å². The molecule has 22 heavy (non-hydrogen) atoms. The minimum atomic E-state index is -4.47. The zero-order valence-electron chi connectivity index (χ0n) is 11.0. The monoisotopic (exact) mass is 330 g/mol. The van der Waals surface area contributed by atoms with Crippen LogP contribution >= 0.6 is 0 Å². The van der Waals surface area contributed by atoms with E-state index in [-0.39, 0.29) is 5.56 Å². The van der Waals surface area contributed by atoms with Crippen molar-refractivity contribution in [2.45, 2.75) is 11.1 Å². The maximum absolute atomic E-state index is 12.8. The number of hydrogen-bond acceptors (Lipinski definition) is 1. The quantitative estimate of drug-likeness (QED) is 0.853. The summed E-state index contributed by atoms with van der Waals surface area (Å²) in [5, 5.41) is 5.72. The number of carbonyl (C=O) groups excluding carboxylic acids is 1. The van der Waals surface area contributed by atoms with Crippen molar-refractivity contribution in [2.24, 2.45) is 9.50 Å². The number of carbonyl (C=O) groups is 1. The third kappa shape index (κ3) is 3.99. The fourth-order valence-electron chi connectivity index (χ4n) is 1.57. The molecule has 0 saturated carbocycles. The molecule has 0 aliphatic heterocycles. The molecule has 0 radical (unpaired) electrons. The fraction of sp³-hybridized carbons (Fsp3) is 0.0714. The highest BCUT2D eigenvalue weighted by Gasteiger charge is 2.30. The Morgan fingerprint density at radius 2 is 1.55 bits per heavy atom.